The van der Waals surface area contributed by atoms with Crippen molar-refractivity contribution in [2.75, 3.05) is 25.6 Å². The van der Waals surface area contributed by atoms with Gasteiger partial charge in [-0.2, -0.15) is 0 Å². The van der Waals surface area contributed by atoms with Crippen molar-refractivity contribution >= 4 is 11.6 Å². The minimum Gasteiger partial charge on any atom is -0.481 e. The zero-order chi connectivity index (χ0) is 15.2. The van der Waals surface area contributed by atoms with E-state index in [0.29, 0.717) is 48.6 Å². The zero-order valence-electron chi connectivity index (χ0n) is 11.8. The summed E-state index contributed by atoms with van der Waals surface area (Å²) in [4.78, 5) is 15.5. The van der Waals surface area contributed by atoms with Crippen LogP contribution in [0.3, 0.4) is 0 Å². The Morgan fingerprint density at radius 2 is 2.29 bits per heavy atom. The summed E-state index contributed by atoms with van der Waals surface area (Å²) in [6.45, 7) is 0.273. The van der Waals surface area contributed by atoms with Crippen LogP contribution < -0.4 is 15.8 Å². The predicted molar refractivity (Wildman–Crippen MR) is 75.5 cm³/mol. The van der Waals surface area contributed by atoms with Crippen molar-refractivity contribution in [2.45, 2.75) is 19.5 Å². The Morgan fingerprint density at radius 1 is 1.52 bits per heavy atom. The van der Waals surface area contributed by atoms with Crippen LogP contribution in [0.1, 0.15) is 18.4 Å². The molecule has 0 aromatic carbocycles. The predicted octanol–water partition coefficient (Wildman–Crippen LogP) is 1.52. The Balaban J connectivity index is 2.28. The van der Waals surface area contributed by atoms with Gasteiger partial charge in [-0.25, -0.2) is 9.37 Å². The Bertz CT molecular complexity index is 560. The molecule has 1 aromatic heterocycles. The van der Waals surface area contributed by atoms with Crippen molar-refractivity contribution in [1.82, 2.24) is 4.98 Å². The number of carbonyl (C=O) groups excluding carboxylic acids is 1. The Morgan fingerprint density at radius 3 is 2.95 bits per heavy atom. The number of nitrogens with zero attached hydrogens (tertiary/aromatic N) is 1. The fourth-order valence-electron chi connectivity index (χ4n) is 2.18. The summed E-state index contributed by atoms with van der Waals surface area (Å²) in [5.74, 6) is -0.230. The van der Waals surface area contributed by atoms with Gasteiger partial charge in [-0.15, -0.1) is 0 Å². The van der Waals surface area contributed by atoms with Crippen molar-refractivity contribution in [3.8, 4) is 5.88 Å². The number of ether oxygens (including phenoxy) is 2. The highest BCUT2D eigenvalue weighted by Gasteiger charge is 2.17. The highest BCUT2D eigenvalue weighted by Crippen LogP contribution is 2.24. The lowest BCUT2D eigenvalue weighted by Gasteiger charge is -2.14. The first-order valence-corrected chi connectivity index (χ1v) is 6.61. The minimum atomic E-state index is -0.684. The molecule has 0 unspecified atom stereocenters. The van der Waals surface area contributed by atoms with Crippen molar-refractivity contribution < 1.29 is 18.7 Å². The monoisotopic (exact) mass is 295 g/mol. The summed E-state index contributed by atoms with van der Waals surface area (Å²) in [6.07, 6.45) is 2.52. The average Bonchev–Trinajstić information content (AvgIpc) is 2.72. The number of hydrogen-bond donors (Lipinski definition) is 2. The molecule has 1 aliphatic heterocycles. The van der Waals surface area contributed by atoms with Crippen LogP contribution in [-0.2, 0) is 16.2 Å². The van der Waals surface area contributed by atoms with Gasteiger partial charge in [-0.05, 0) is 6.07 Å². The average molecular weight is 295 g/mol. The van der Waals surface area contributed by atoms with Crippen LogP contribution in [-0.4, -0.2) is 31.2 Å². The smallest absolute Gasteiger partial charge is 0.246 e. The van der Waals surface area contributed by atoms with Crippen molar-refractivity contribution in [2.24, 2.45) is 5.73 Å². The van der Waals surface area contributed by atoms with E-state index in [2.05, 4.69) is 10.3 Å². The van der Waals surface area contributed by atoms with Gasteiger partial charge >= 0.3 is 0 Å². The molecule has 2 rings (SSSR count). The number of hydrogen-bond acceptors (Lipinski definition) is 5. The number of pyridine rings is 1. The fourth-order valence-corrected chi connectivity index (χ4v) is 2.18. The van der Waals surface area contributed by atoms with Crippen LogP contribution in [0.5, 0.6) is 5.88 Å². The van der Waals surface area contributed by atoms with Crippen molar-refractivity contribution in [1.29, 1.82) is 0 Å². The Hall–Kier alpha value is -2.15. The summed E-state index contributed by atoms with van der Waals surface area (Å²) < 4.78 is 23.3. The van der Waals surface area contributed by atoms with Gasteiger partial charge in [-0.3, -0.25) is 4.79 Å². The van der Waals surface area contributed by atoms with Crippen molar-refractivity contribution in [3.63, 3.8) is 0 Å². The molecule has 1 aromatic rings. The minimum absolute atomic E-state index is 0.247. The molecule has 7 heteroatoms. The van der Waals surface area contributed by atoms with E-state index in [9.17, 15) is 9.18 Å². The first-order chi connectivity index (χ1) is 10.2. The van der Waals surface area contributed by atoms with E-state index >= 15 is 0 Å². The lowest BCUT2D eigenvalue weighted by molar-refractivity contribution is -0.114. The number of rotatable bonds is 5. The van der Waals surface area contributed by atoms with Gasteiger partial charge in [-0.1, -0.05) is 0 Å². The fraction of sp³-hybridized carbons (Fsp3) is 0.429. The number of alkyl halides is 1. The second-order valence-corrected chi connectivity index (χ2v) is 4.58. The van der Waals surface area contributed by atoms with E-state index in [1.807, 2.05) is 0 Å². The van der Waals surface area contributed by atoms with Gasteiger partial charge in [0, 0.05) is 29.7 Å². The summed E-state index contributed by atoms with van der Waals surface area (Å²) in [6, 6.07) is 1.60. The van der Waals surface area contributed by atoms with E-state index in [-0.39, 0.29) is 5.88 Å². The molecule has 0 aliphatic carbocycles. The van der Waals surface area contributed by atoms with Crippen LogP contribution in [0.2, 0.25) is 0 Å². The topological polar surface area (TPSA) is 86.5 Å². The molecule has 21 heavy (non-hydrogen) atoms. The second kappa shape index (κ2) is 7.03. The number of anilines is 1. The van der Waals surface area contributed by atoms with Crippen LogP contribution in [0.25, 0.3) is 0 Å². The van der Waals surface area contributed by atoms with Crippen LogP contribution in [0.15, 0.2) is 23.5 Å². The Labute approximate surface area is 122 Å². The quantitative estimate of drug-likeness (QED) is 0.860. The van der Waals surface area contributed by atoms with Gasteiger partial charge in [0.1, 0.15) is 6.67 Å². The van der Waals surface area contributed by atoms with Gasteiger partial charge in [0.05, 0.1) is 32.2 Å². The molecular weight excluding hydrogens is 277 g/mol. The molecular formula is C14H18FN3O3. The van der Waals surface area contributed by atoms with Crippen LogP contribution >= 0.6 is 0 Å². The molecule has 0 radical (unpaired) electrons. The molecule has 1 amide bonds. The van der Waals surface area contributed by atoms with Gasteiger partial charge in [0.15, 0.2) is 0 Å². The largest absolute Gasteiger partial charge is 0.481 e. The normalized spacial score (nSPS) is 15.5. The number of aromatic nitrogens is 1. The number of primary amides is 1. The van der Waals surface area contributed by atoms with Gasteiger partial charge in [0.2, 0.25) is 11.8 Å². The zero-order valence-corrected chi connectivity index (χ0v) is 11.8. The summed E-state index contributed by atoms with van der Waals surface area (Å²) in [7, 11) is 1.44. The third kappa shape index (κ3) is 3.69. The molecule has 114 valence electrons. The van der Waals surface area contributed by atoms with Crippen LogP contribution in [0, 0.1) is 0 Å². The first kappa shape index (κ1) is 15.2. The van der Waals surface area contributed by atoms with Gasteiger partial charge < -0.3 is 20.5 Å². The van der Waals surface area contributed by atoms with Crippen LogP contribution in [0.4, 0.5) is 10.1 Å². The van der Waals surface area contributed by atoms with E-state index in [4.69, 9.17) is 15.2 Å². The molecule has 2 heterocycles. The van der Waals surface area contributed by atoms with E-state index in [1.54, 1.807) is 6.07 Å². The molecule has 1 aliphatic rings. The summed E-state index contributed by atoms with van der Waals surface area (Å²) in [5.41, 5.74) is 7.51. The number of halogens is 1. The second-order valence-electron chi connectivity index (χ2n) is 4.58. The molecule has 0 saturated heterocycles. The molecule has 0 spiro atoms. The van der Waals surface area contributed by atoms with E-state index in [1.165, 1.54) is 13.3 Å². The van der Waals surface area contributed by atoms with E-state index < -0.39 is 12.6 Å². The maximum atomic E-state index is 12.9. The standard InChI is InChI=1S/C14H18FN3O3/c1-20-14-9(7-15)6-10(8-17-14)18-12-3-5-21-4-2-11(12)13(16)19/h6,8,18H,2-5,7H2,1H3,(H2,16,19). The number of nitrogens with one attached hydrogen (secondary N) is 1. The maximum Gasteiger partial charge on any atom is 0.246 e. The molecule has 0 bridgehead atoms. The number of amides is 1. The van der Waals surface area contributed by atoms with Gasteiger partial charge in [0.25, 0.3) is 0 Å². The molecule has 6 nitrogen and oxygen atoms in total. The third-order valence-corrected chi connectivity index (χ3v) is 3.21. The molecule has 0 atom stereocenters. The number of methoxy groups -OCH3 is 1. The summed E-state index contributed by atoms with van der Waals surface area (Å²) in [5, 5.41) is 3.09. The number of carbonyl (C=O) groups is 1. The highest BCUT2D eigenvalue weighted by molar-refractivity contribution is 5.93. The number of nitrogens with two attached hydrogens (primary N) is 1. The lowest BCUT2D eigenvalue weighted by atomic mass is 10.1. The molecule has 3 N–H and O–H groups in total. The third-order valence-electron chi connectivity index (χ3n) is 3.21. The highest BCUT2D eigenvalue weighted by atomic mass is 19.1. The van der Waals surface area contributed by atoms with E-state index in [0.717, 1.165) is 0 Å². The lowest BCUT2D eigenvalue weighted by Crippen LogP contribution is -2.19. The first-order valence-electron chi connectivity index (χ1n) is 6.61. The maximum absolute atomic E-state index is 12.9. The summed E-state index contributed by atoms with van der Waals surface area (Å²) >= 11 is 0. The Kier molecular flexibility index (Phi) is 5.10. The molecule has 0 fully saturated rings. The molecule has 0 saturated carbocycles. The van der Waals surface area contributed by atoms with Crippen molar-refractivity contribution in [3.05, 3.63) is 29.1 Å². The SMILES string of the molecule is COc1ncc(NC2=C(C(N)=O)CCOCC2)cc1CF.